The van der Waals surface area contributed by atoms with E-state index in [0.29, 0.717) is 18.9 Å². The van der Waals surface area contributed by atoms with Crippen LogP contribution >= 0.6 is 0 Å². The fourth-order valence-electron chi connectivity index (χ4n) is 2.45. The fraction of sp³-hybridized carbons (Fsp3) is 0.917. The van der Waals surface area contributed by atoms with Crippen LogP contribution in [0.4, 0.5) is 0 Å². The number of hydrogen-bond donors (Lipinski definition) is 2. The Bertz CT molecular complexity index is 368. The van der Waals surface area contributed by atoms with Gasteiger partial charge in [-0.25, -0.2) is 8.42 Å². The Labute approximate surface area is 109 Å². The maximum absolute atomic E-state index is 11.5. The number of carbonyl (C=O) groups is 1. The van der Waals surface area contributed by atoms with Crippen molar-refractivity contribution in [3.8, 4) is 0 Å². The molecule has 0 bridgehead atoms. The van der Waals surface area contributed by atoms with Crippen molar-refractivity contribution in [3.63, 3.8) is 0 Å². The summed E-state index contributed by atoms with van der Waals surface area (Å²) in [6.07, 6.45) is 6.98. The van der Waals surface area contributed by atoms with E-state index in [1.807, 2.05) is 0 Å². The Morgan fingerprint density at radius 2 is 2.06 bits per heavy atom. The summed E-state index contributed by atoms with van der Waals surface area (Å²) < 4.78 is 23.0. The summed E-state index contributed by atoms with van der Waals surface area (Å²) in [5.74, 6) is -0.259. The Morgan fingerprint density at radius 3 is 2.67 bits per heavy atom. The number of hydrogen-bond acceptors (Lipinski definition) is 4. The Hall–Kier alpha value is -0.620. The molecule has 5 nitrogen and oxygen atoms in total. The molecular formula is C12H24N2O3S. The van der Waals surface area contributed by atoms with Crippen LogP contribution in [-0.4, -0.2) is 38.4 Å². The first kappa shape index (κ1) is 15.4. The summed E-state index contributed by atoms with van der Waals surface area (Å²) in [6, 6.07) is 0.298. The summed E-state index contributed by atoms with van der Waals surface area (Å²) in [4.78, 5) is 10.6. The van der Waals surface area contributed by atoms with Gasteiger partial charge in [-0.2, -0.15) is 0 Å². The highest BCUT2D eigenvalue weighted by Crippen LogP contribution is 2.23. The van der Waals surface area contributed by atoms with Crippen LogP contribution in [0.1, 0.15) is 44.9 Å². The van der Waals surface area contributed by atoms with Gasteiger partial charge in [-0.15, -0.1) is 0 Å². The van der Waals surface area contributed by atoms with E-state index in [2.05, 4.69) is 5.32 Å². The molecule has 0 aromatic carbocycles. The molecule has 0 heterocycles. The highest BCUT2D eigenvalue weighted by Gasteiger charge is 2.28. The van der Waals surface area contributed by atoms with E-state index >= 15 is 0 Å². The number of unbranched alkanes of at least 4 members (excludes halogenated alkanes) is 1. The molecule has 1 saturated carbocycles. The van der Waals surface area contributed by atoms with Gasteiger partial charge in [-0.05, 0) is 38.6 Å². The van der Waals surface area contributed by atoms with Gasteiger partial charge < -0.3 is 11.1 Å². The van der Waals surface area contributed by atoms with Crippen LogP contribution in [0.2, 0.25) is 0 Å². The van der Waals surface area contributed by atoms with E-state index in [1.54, 1.807) is 0 Å². The molecule has 0 radical (unpaired) electrons. The molecule has 0 aromatic heterocycles. The van der Waals surface area contributed by atoms with Crippen molar-refractivity contribution in [1.82, 2.24) is 5.32 Å². The molecule has 18 heavy (non-hydrogen) atoms. The molecular weight excluding hydrogens is 252 g/mol. The minimum atomic E-state index is -2.91. The zero-order valence-corrected chi connectivity index (χ0v) is 11.8. The van der Waals surface area contributed by atoms with E-state index in [0.717, 1.165) is 38.6 Å². The molecule has 6 heteroatoms. The lowest BCUT2D eigenvalue weighted by molar-refractivity contribution is -0.118. The quantitative estimate of drug-likeness (QED) is 0.666. The molecule has 0 spiro atoms. The number of sulfone groups is 1. The predicted molar refractivity (Wildman–Crippen MR) is 71.9 cm³/mol. The van der Waals surface area contributed by atoms with Crippen LogP contribution in [0.3, 0.4) is 0 Å². The zero-order chi connectivity index (χ0) is 13.6. The van der Waals surface area contributed by atoms with Crippen molar-refractivity contribution in [2.24, 2.45) is 5.73 Å². The van der Waals surface area contributed by atoms with Gasteiger partial charge in [0, 0.05) is 18.7 Å². The van der Waals surface area contributed by atoms with Crippen LogP contribution < -0.4 is 11.1 Å². The van der Waals surface area contributed by atoms with Crippen molar-refractivity contribution in [3.05, 3.63) is 0 Å². The minimum absolute atomic E-state index is 0.186. The average Bonchev–Trinajstić information content (AvgIpc) is 2.27. The Kier molecular flexibility index (Phi) is 6.08. The van der Waals surface area contributed by atoms with Crippen LogP contribution in [-0.2, 0) is 14.6 Å². The van der Waals surface area contributed by atoms with E-state index in [-0.39, 0.29) is 11.2 Å². The molecule has 0 aromatic rings. The number of primary amides is 1. The van der Waals surface area contributed by atoms with Crippen molar-refractivity contribution < 1.29 is 13.2 Å². The first-order valence-corrected chi connectivity index (χ1v) is 8.55. The van der Waals surface area contributed by atoms with Gasteiger partial charge >= 0.3 is 0 Å². The lowest BCUT2D eigenvalue weighted by Gasteiger charge is -2.28. The average molecular weight is 276 g/mol. The zero-order valence-electron chi connectivity index (χ0n) is 11.0. The van der Waals surface area contributed by atoms with Crippen molar-refractivity contribution in [1.29, 1.82) is 0 Å². The third-order valence-corrected chi connectivity index (χ3v) is 5.15. The molecule has 1 aliphatic rings. The normalized spacial score (nSPS) is 24.9. The van der Waals surface area contributed by atoms with Gasteiger partial charge in [0.05, 0.1) is 5.25 Å². The van der Waals surface area contributed by atoms with E-state index in [1.165, 1.54) is 6.26 Å². The monoisotopic (exact) mass is 276 g/mol. The van der Waals surface area contributed by atoms with Gasteiger partial charge in [-0.3, -0.25) is 4.79 Å². The molecule has 3 N–H and O–H groups in total. The van der Waals surface area contributed by atoms with Gasteiger partial charge in [0.2, 0.25) is 5.91 Å². The molecule has 2 unspecified atom stereocenters. The van der Waals surface area contributed by atoms with Crippen molar-refractivity contribution >= 4 is 15.7 Å². The van der Waals surface area contributed by atoms with Gasteiger partial charge in [0.1, 0.15) is 9.84 Å². The van der Waals surface area contributed by atoms with Gasteiger partial charge in [0.25, 0.3) is 0 Å². The highest BCUT2D eigenvalue weighted by atomic mass is 32.2. The van der Waals surface area contributed by atoms with Crippen LogP contribution in [0.5, 0.6) is 0 Å². The fourth-order valence-corrected chi connectivity index (χ4v) is 3.63. The van der Waals surface area contributed by atoms with Crippen LogP contribution in [0, 0.1) is 0 Å². The van der Waals surface area contributed by atoms with E-state index in [9.17, 15) is 13.2 Å². The summed E-state index contributed by atoms with van der Waals surface area (Å²) in [5, 5.41) is 3.20. The third kappa shape index (κ3) is 5.82. The number of nitrogens with one attached hydrogen (secondary N) is 1. The smallest absolute Gasteiger partial charge is 0.217 e. The van der Waals surface area contributed by atoms with Crippen LogP contribution in [0.25, 0.3) is 0 Å². The third-order valence-electron chi connectivity index (χ3n) is 3.51. The second-order valence-corrected chi connectivity index (χ2v) is 7.52. The second-order valence-electron chi connectivity index (χ2n) is 5.19. The first-order valence-electron chi connectivity index (χ1n) is 6.60. The summed E-state index contributed by atoms with van der Waals surface area (Å²) in [5.41, 5.74) is 5.06. The summed E-state index contributed by atoms with van der Waals surface area (Å²) in [6.45, 7) is 0.828. The molecule has 1 amide bonds. The molecule has 106 valence electrons. The lowest BCUT2D eigenvalue weighted by atomic mass is 9.95. The largest absolute Gasteiger partial charge is 0.370 e. The maximum Gasteiger partial charge on any atom is 0.217 e. The van der Waals surface area contributed by atoms with Gasteiger partial charge in [0.15, 0.2) is 0 Å². The Balaban J connectivity index is 2.21. The molecule has 2 atom stereocenters. The van der Waals surface area contributed by atoms with Crippen LogP contribution in [0.15, 0.2) is 0 Å². The van der Waals surface area contributed by atoms with E-state index in [4.69, 9.17) is 5.73 Å². The Morgan fingerprint density at radius 1 is 1.33 bits per heavy atom. The van der Waals surface area contributed by atoms with Crippen molar-refractivity contribution in [2.45, 2.75) is 56.2 Å². The highest BCUT2D eigenvalue weighted by molar-refractivity contribution is 7.91. The molecule has 1 aliphatic carbocycles. The minimum Gasteiger partial charge on any atom is -0.370 e. The standard InChI is InChI=1S/C12H24N2O3S/c1-18(16,17)11-6-4-5-10(9-11)14-8-3-2-7-12(13)15/h10-11,14H,2-9H2,1H3,(H2,13,15). The summed E-state index contributed by atoms with van der Waals surface area (Å²) in [7, 11) is -2.91. The number of rotatable bonds is 7. The molecule has 1 fully saturated rings. The SMILES string of the molecule is CS(=O)(=O)C1CCCC(NCCCCC(N)=O)C1. The lowest BCUT2D eigenvalue weighted by Crippen LogP contribution is -2.39. The number of carbonyl (C=O) groups excluding carboxylic acids is 1. The molecule has 0 saturated heterocycles. The maximum atomic E-state index is 11.5. The van der Waals surface area contributed by atoms with Crippen molar-refractivity contribution in [2.75, 3.05) is 12.8 Å². The second kappa shape index (κ2) is 7.09. The predicted octanol–water partition coefficient (Wildman–Crippen LogP) is 0.587. The number of nitrogens with two attached hydrogens (primary N) is 1. The topological polar surface area (TPSA) is 89.3 Å². The molecule has 0 aliphatic heterocycles. The number of amides is 1. The van der Waals surface area contributed by atoms with Gasteiger partial charge in [-0.1, -0.05) is 6.42 Å². The van der Waals surface area contributed by atoms with E-state index < -0.39 is 9.84 Å². The summed E-state index contributed by atoms with van der Waals surface area (Å²) >= 11 is 0. The molecule has 1 rings (SSSR count). The first-order chi connectivity index (χ1) is 8.39.